The second-order valence-electron chi connectivity index (χ2n) is 5.61. The zero-order chi connectivity index (χ0) is 14.7. The molecule has 0 radical (unpaired) electrons. The van der Waals surface area contributed by atoms with E-state index in [1.807, 2.05) is 30.5 Å². The molecule has 0 amide bonds. The number of halogens is 1. The highest BCUT2D eigenvalue weighted by Gasteiger charge is 2.20. The lowest BCUT2D eigenvalue weighted by atomic mass is 10.2. The Hall–Kier alpha value is -1.58. The molecule has 0 unspecified atom stereocenters. The number of aromatic nitrogens is 1. The Bertz CT molecular complexity index is 610. The first-order chi connectivity index (χ1) is 10.2. The van der Waals surface area contributed by atoms with Gasteiger partial charge in [0.1, 0.15) is 0 Å². The number of rotatable bonds is 6. The van der Waals surface area contributed by atoms with Crippen LogP contribution >= 0.6 is 11.6 Å². The third kappa shape index (κ3) is 3.96. The minimum absolute atomic E-state index is 0.705. The molecule has 1 heterocycles. The molecule has 1 aromatic heterocycles. The molecule has 0 saturated heterocycles. The van der Waals surface area contributed by atoms with E-state index in [2.05, 4.69) is 34.4 Å². The molecule has 0 bridgehead atoms. The monoisotopic (exact) mass is 301 g/mol. The Kier molecular flexibility index (Phi) is 4.42. The fourth-order valence-electron chi connectivity index (χ4n) is 2.31. The van der Waals surface area contributed by atoms with Crippen molar-refractivity contribution >= 4 is 17.3 Å². The summed E-state index contributed by atoms with van der Waals surface area (Å²) >= 11 is 6.23. The van der Waals surface area contributed by atoms with Gasteiger partial charge in [-0.3, -0.25) is 4.98 Å². The number of nitrogens with one attached hydrogen (secondary N) is 1. The molecule has 1 aliphatic carbocycles. The van der Waals surface area contributed by atoms with Crippen molar-refractivity contribution in [1.82, 2.24) is 10.3 Å². The number of pyridine rings is 1. The van der Waals surface area contributed by atoms with E-state index in [-0.39, 0.29) is 0 Å². The fourth-order valence-corrected chi connectivity index (χ4v) is 2.50. The van der Waals surface area contributed by atoms with Crippen LogP contribution in [0, 0.1) is 0 Å². The molecule has 0 atom stereocenters. The van der Waals surface area contributed by atoms with Gasteiger partial charge < -0.3 is 10.2 Å². The average molecular weight is 302 g/mol. The third-order valence-electron chi connectivity index (χ3n) is 3.76. The fraction of sp³-hybridized carbons (Fsp3) is 0.353. The van der Waals surface area contributed by atoms with Crippen molar-refractivity contribution in [3.63, 3.8) is 0 Å². The van der Waals surface area contributed by atoms with Crippen LogP contribution in [0.1, 0.15) is 24.1 Å². The third-order valence-corrected chi connectivity index (χ3v) is 4.12. The van der Waals surface area contributed by atoms with E-state index in [1.54, 1.807) is 0 Å². The molecular weight excluding hydrogens is 282 g/mol. The summed E-state index contributed by atoms with van der Waals surface area (Å²) in [4.78, 5) is 6.63. The predicted octanol–water partition coefficient (Wildman–Crippen LogP) is 3.62. The molecule has 1 N–H and O–H groups in total. The van der Waals surface area contributed by atoms with E-state index >= 15 is 0 Å². The van der Waals surface area contributed by atoms with Crippen LogP contribution < -0.4 is 10.2 Å². The molecule has 1 saturated carbocycles. The number of anilines is 1. The van der Waals surface area contributed by atoms with Crippen LogP contribution in [0.2, 0.25) is 5.02 Å². The van der Waals surface area contributed by atoms with Crippen molar-refractivity contribution < 1.29 is 0 Å². The predicted molar refractivity (Wildman–Crippen MR) is 87.7 cm³/mol. The summed E-state index contributed by atoms with van der Waals surface area (Å²) in [6.07, 6.45) is 4.47. The molecular formula is C17H20ClN3. The lowest BCUT2D eigenvalue weighted by molar-refractivity contribution is 0.674. The highest BCUT2D eigenvalue weighted by Crippen LogP contribution is 2.22. The highest BCUT2D eigenvalue weighted by molar-refractivity contribution is 6.31. The van der Waals surface area contributed by atoms with Gasteiger partial charge in [0.2, 0.25) is 0 Å². The lowest BCUT2D eigenvalue weighted by Gasteiger charge is -2.20. The smallest absolute Gasteiger partial charge is 0.0562 e. The highest BCUT2D eigenvalue weighted by atomic mass is 35.5. The molecule has 3 rings (SSSR count). The van der Waals surface area contributed by atoms with Gasteiger partial charge in [0, 0.05) is 43.1 Å². The maximum Gasteiger partial charge on any atom is 0.0562 e. The summed E-state index contributed by atoms with van der Waals surface area (Å²) in [5, 5.41) is 4.31. The molecule has 2 aromatic rings. The van der Waals surface area contributed by atoms with E-state index in [1.165, 1.54) is 12.8 Å². The van der Waals surface area contributed by atoms with Gasteiger partial charge in [0.15, 0.2) is 0 Å². The summed E-state index contributed by atoms with van der Waals surface area (Å²) in [6.45, 7) is 1.64. The van der Waals surface area contributed by atoms with Crippen LogP contribution in [0.3, 0.4) is 0 Å². The minimum Gasteiger partial charge on any atom is -0.370 e. The van der Waals surface area contributed by atoms with Gasteiger partial charge in [-0.1, -0.05) is 29.8 Å². The quantitative estimate of drug-likeness (QED) is 0.883. The normalized spacial score (nSPS) is 14.2. The molecule has 110 valence electrons. The molecule has 3 nitrogen and oxygen atoms in total. The van der Waals surface area contributed by atoms with Gasteiger partial charge in [0.25, 0.3) is 0 Å². The van der Waals surface area contributed by atoms with E-state index in [9.17, 15) is 0 Å². The van der Waals surface area contributed by atoms with E-state index < -0.39 is 0 Å². The van der Waals surface area contributed by atoms with Crippen molar-refractivity contribution in [2.75, 3.05) is 11.9 Å². The van der Waals surface area contributed by atoms with Crippen LogP contribution in [0.5, 0.6) is 0 Å². The Morgan fingerprint density at radius 2 is 2.10 bits per heavy atom. The Morgan fingerprint density at radius 3 is 2.86 bits per heavy atom. The maximum absolute atomic E-state index is 6.23. The zero-order valence-corrected chi connectivity index (χ0v) is 13.0. The van der Waals surface area contributed by atoms with Gasteiger partial charge in [-0.2, -0.15) is 0 Å². The van der Waals surface area contributed by atoms with E-state index in [0.717, 1.165) is 35.1 Å². The number of benzene rings is 1. The Morgan fingerprint density at radius 1 is 1.29 bits per heavy atom. The first kappa shape index (κ1) is 14.4. The largest absolute Gasteiger partial charge is 0.370 e. The number of nitrogens with zero attached hydrogens (tertiary/aromatic N) is 2. The average Bonchev–Trinajstić information content (AvgIpc) is 3.32. The zero-order valence-electron chi connectivity index (χ0n) is 12.2. The van der Waals surface area contributed by atoms with Gasteiger partial charge in [-0.05, 0) is 36.6 Å². The summed E-state index contributed by atoms with van der Waals surface area (Å²) in [5.74, 6) is 0. The van der Waals surface area contributed by atoms with Crippen molar-refractivity contribution in [2.24, 2.45) is 0 Å². The summed E-state index contributed by atoms with van der Waals surface area (Å²) in [7, 11) is 2.08. The second-order valence-corrected chi connectivity index (χ2v) is 6.02. The van der Waals surface area contributed by atoms with Gasteiger partial charge in [-0.15, -0.1) is 0 Å². The second kappa shape index (κ2) is 6.46. The van der Waals surface area contributed by atoms with Crippen LogP contribution in [0.4, 0.5) is 5.69 Å². The molecule has 0 aliphatic heterocycles. The lowest BCUT2D eigenvalue weighted by Crippen LogP contribution is -2.19. The molecule has 21 heavy (non-hydrogen) atoms. The SMILES string of the molecule is CN(Cc1ccccc1Cl)c1ccnc(CNC2CC2)c1. The topological polar surface area (TPSA) is 28.2 Å². The van der Waals surface area contributed by atoms with Crippen LogP contribution in [-0.4, -0.2) is 18.1 Å². The summed E-state index contributed by atoms with van der Waals surface area (Å²) in [6, 6.07) is 12.9. The van der Waals surface area contributed by atoms with Crippen LogP contribution in [0.15, 0.2) is 42.6 Å². The molecule has 1 fully saturated rings. The van der Waals surface area contributed by atoms with Crippen molar-refractivity contribution in [1.29, 1.82) is 0 Å². The van der Waals surface area contributed by atoms with Gasteiger partial charge in [0.05, 0.1) is 5.69 Å². The number of hydrogen-bond donors (Lipinski definition) is 1. The van der Waals surface area contributed by atoms with Crippen LogP contribution in [0.25, 0.3) is 0 Å². The summed E-state index contributed by atoms with van der Waals surface area (Å²) < 4.78 is 0. The van der Waals surface area contributed by atoms with Crippen molar-refractivity contribution in [3.05, 3.63) is 58.9 Å². The molecule has 0 spiro atoms. The first-order valence-electron chi connectivity index (χ1n) is 7.35. The van der Waals surface area contributed by atoms with Crippen molar-refractivity contribution in [2.45, 2.75) is 32.0 Å². The Labute approximate surface area is 131 Å². The standard InChI is InChI=1S/C17H20ClN3/c1-21(12-13-4-2-3-5-17(13)18)16-8-9-19-15(10-16)11-20-14-6-7-14/h2-5,8-10,14,20H,6-7,11-12H2,1H3. The van der Waals surface area contributed by atoms with Crippen molar-refractivity contribution in [3.8, 4) is 0 Å². The van der Waals surface area contributed by atoms with Crippen LogP contribution in [-0.2, 0) is 13.1 Å². The number of hydrogen-bond acceptors (Lipinski definition) is 3. The maximum atomic E-state index is 6.23. The molecule has 1 aromatic carbocycles. The molecule has 1 aliphatic rings. The van der Waals surface area contributed by atoms with Gasteiger partial charge >= 0.3 is 0 Å². The van der Waals surface area contributed by atoms with Gasteiger partial charge in [-0.25, -0.2) is 0 Å². The first-order valence-corrected chi connectivity index (χ1v) is 7.73. The van der Waals surface area contributed by atoms with E-state index in [4.69, 9.17) is 11.6 Å². The van der Waals surface area contributed by atoms with E-state index in [0.29, 0.717) is 6.04 Å². The minimum atomic E-state index is 0.705. The Balaban J connectivity index is 1.67. The summed E-state index contributed by atoms with van der Waals surface area (Å²) in [5.41, 5.74) is 3.39. The molecule has 4 heteroatoms.